The summed E-state index contributed by atoms with van der Waals surface area (Å²) in [5, 5.41) is 16.6. The van der Waals surface area contributed by atoms with Gasteiger partial charge in [-0.3, -0.25) is 5.32 Å². The standard InChI is InChI=1S/C19H26N4O2S/c1-15-7-8-17(26-15)14-22(11-12-24)19(25)21-18-9-10-20-23(18)13-16-5-3-2-4-6-16/h2-3,7-10,16,24H,4-6,11-14H2,1H3,(H,21,25). The number of amides is 2. The molecule has 0 aliphatic heterocycles. The Morgan fingerprint density at radius 1 is 1.42 bits per heavy atom. The van der Waals surface area contributed by atoms with E-state index in [2.05, 4.69) is 22.6 Å². The minimum Gasteiger partial charge on any atom is -0.395 e. The quantitative estimate of drug-likeness (QED) is 0.727. The molecule has 2 aromatic heterocycles. The van der Waals surface area contributed by atoms with Gasteiger partial charge < -0.3 is 10.0 Å². The first kappa shape index (κ1) is 18.7. The second-order valence-electron chi connectivity index (χ2n) is 6.64. The van der Waals surface area contributed by atoms with Crippen molar-refractivity contribution in [3.63, 3.8) is 0 Å². The normalized spacial score (nSPS) is 16.6. The van der Waals surface area contributed by atoms with Gasteiger partial charge in [-0.25, -0.2) is 9.48 Å². The molecule has 0 fully saturated rings. The molecule has 0 radical (unpaired) electrons. The number of hydrogen-bond donors (Lipinski definition) is 2. The van der Waals surface area contributed by atoms with Crippen LogP contribution in [0.2, 0.25) is 0 Å². The molecule has 0 spiro atoms. The number of hydrogen-bond acceptors (Lipinski definition) is 4. The second kappa shape index (κ2) is 9.00. The van der Waals surface area contributed by atoms with Crippen molar-refractivity contribution in [2.45, 2.75) is 39.3 Å². The highest BCUT2D eigenvalue weighted by molar-refractivity contribution is 7.11. The number of urea groups is 1. The Kier molecular flexibility index (Phi) is 6.46. The zero-order chi connectivity index (χ0) is 18.4. The van der Waals surface area contributed by atoms with Crippen LogP contribution < -0.4 is 5.32 Å². The lowest BCUT2D eigenvalue weighted by Gasteiger charge is -2.23. The molecule has 1 atom stereocenters. The van der Waals surface area contributed by atoms with E-state index in [9.17, 15) is 9.90 Å². The van der Waals surface area contributed by atoms with Gasteiger partial charge in [0.15, 0.2) is 0 Å². The fourth-order valence-corrected chi connectivity index (χ4v) is 4.08. The number of allylic oxidation sites excluding steroid dienone is 2. The third kappa shape index (κ3) is 4.95. The number of aliphatic hydroxyl groups excluding tert-OH is 1. The van der Waals surface area contributed by atoms with Crippen molar-refractivity contribution < 1.29 is 9.90 Å². The molecule has 0 saturated carbocycles. The first-order chi connectivity index (χ1) is 12.7. The summed E-state index contributed by atoms with van der Waals surface area (Å²) in [6.07, 6.45) is 9.48. The molecule has 2 N–H and O–H groups in total. The van der Waals surface area contributed by atoms with Crippen molar-refractivity contribution in [2.75, 3.05) is 18.5 Å². The molecule has 6 nitrogen and oxygen atoms in total. The zero-order valence-corrected chi connectivity index (χ0v) is 15.9. The van der Waals surface area contributed by atoms with Crippen LogP contribution in [0.3, 0.4) is 0 Å². The lowest BCUT2D eigenvalue weighted by Crippen LogP contribution is -2.37. The summed E-state index contributed by atoms with van der Waals surface area (Å²) in [6.45, 7) is 3.57. The van der Waals surface area contributed by atoms with E-state index >= 15 is 0 Å². The third-order valence-corrected chi connectivity index (χ3v) is 5.55. The number of aryl methyl sites for hydroxylation is 1. The van der Waals surface area contributed by atoms with E-state index in [1.165, 1.54) is 4.88 Å². The van der Waals surface area contributed by atoms with Crippen LogP contribution >= 0.6 is 11.3 Å². The Morgan fingerprint density at radius 2 is 2.31 bits per heavy atom. The van der Waals surface area contributed by atoms with Crippen LogP contribution in [0.25, 0.3) is 0 Å². The first-order valence-corrected chi connectivity index (χ1v) is 9.86. The maximum atomic E-state index is 12.7. The summed E-state index contributed by atoms with van der Waals surface area (Å²) in [5.41, 5.74) is 0. The van der Waals surface area contributed by atoms with Gasteiger partial charge in [-0.1, -0.05) is 12.2 Å². The topological polar surface area (TPSA) is 70.4 Å². The number of anilines is 1. The molecule has 0 aromatic carbocycles. The Hall–Kier alpha value is -2.12. The molecule has 0 saturated heterocycles. The molecule has 1 aliphatic rings. The van der Waals surface area contributed by atoms with Gasteiger partial charge in [-0.2, -0.15) is 5.10 Å². The van der Waals surface area contributed by atoms with Crippen LogP contribution in [0.5, 0.6) is 0 Å². The van der Waals surface area contributed by atoms with E-state index in [1.807, 2.05) is 29.8 Å². The number of carbonyl (C=O) groups excluding carboxylic acids is 1. The molecule has 1 unspecified atom stereocenters. The van der Waals surface area contributed by atoms with Crippen molar-refractivity contribution in [3.05, 3.63) is 46.3 Å². The van der Waals surface area contributed by atoms with Gasteiger partial charge in [-0.05, 0) is 44.2 Å². The molecule has 7 heteroatoms. The van der Waals surface area contributed by atoms with Crippen molar-refractivity contribution >= 4 is 23.2 Å². The lowest BCUT2D eigenvalue weighted by molar-refractivity contribution is 0.186. The molecule has 3 rings (SSSR count). The monoisotopic (exact) mass is 374 g/mol. The van der Waals surface area contributed by atoms with E-state index in [4.69, 9.17) is 0 Å². The molecule has 26 heavy (non-hydrogen) atoms. The van der Waals surface area contributed by atoms with E-state index in [1.54, 1.807) is 22.4 Å². The number of nitrogens with zero attached hydrogens (tertiary/aromatic N) is 3. The van der Waals surface area contributed by atoms with Crippen LogP contribution in [0.15, 0.2) is 36.5 Å². The smallest absolute Gasteiger partial charge is 0.323 e. The van der Waals surface area contributed by atoms with Gasteiger partial charge in [0.1, 0.15) is 5.82 Å². The molecular formula is C19H26N4O2S. The third-order valence-electron chi connectivity index (χ3n) is 4.56. The average Bonchev–Trinajstić information content (AvgIpc) is 3.24. The maximum absolute atomic E-state index is 12.7. The summed E-state index contributed by atoms with van der Waals surface area (Å²) >= 11 is 1.67. The first-order valence-electron chi connectivity index (χ1n) is 9.04. The van der Waals surface area contributed by atoms with Crippen molar-refractivity contribution in [2.24, 2.45) is 5.92 Å². The Bertz CT molecular complexity index is 752. The highest BCUT2D eigenvalue weighted by atomic mass is 32.1. The summed E-state index contributed by atoms with van der Waals surface area (Å²) in [7, 11) is 0. The Morgan fingerprint density at radius 3 is 3.00 bits per heavy atom. The van der Waals surface area contributed by atoms with Crippen LogP contribution in [0.4, 0.5) is 10.6 Å². The number of aliphatic hydroxyl groups is 1. The largest absolute Gasteiger partial charge is 0.395 e. The minimum atomic E-state index is -0.213. The number of nitrogens with one attached hydrogen (secondary N) is 1. The molecule has 2 amide bonds. The van der Waals surface area contributed by atoms with Crippen LogP contribution in [0.1, 0.15) is 29.0 Å². The molecule has 1 aliphatic carbocycles. The van der Waals surface area contributed by atoms with Gasteiger partial charge in [-0.15, -0.1) is 11.3 Å². The lowest BCUT2D eigenvalue weighted by atomic mass is 9.94. The number of carbonyl (C=O) groups is 1. The highest BCUT2D eigenvalue weighted by Crippen LogP contribution is 2.22. The minimum absolute atomic E-state index is 0.0640. The van der Waals surface area contributed by atoms with Crippen molar-refractivity contribution in [3.8, 4) is 0 Å². The zero-order valence-electron chi connectivity index (χ0n) is 15.1. The predicted molar refractivity (Wildman–Crippen MR) is 104 cm³/mol. The Labute approximate surface area is 158 Å². The molecule has 2 heterocycles. The van der Waals surface area contributed by atoms with Crippen LogP contribution in [-0.4, -0.2) is 39.0 Å². The SMILES string of the molecule is Cc1ccc(CN(CCO)C(=O)Nc2ccnn2CC2CC=CCC2)s1. The van der Waals surface area contributed by atoms with E-state index in [-0.39, 0.29) is 12.6 Å². The molecule has 2 aromatic rings. The summed E-state index contributed by atoms with van der Waals surface area (Å²) in [5.74, 6) is 1.26. The number of thiophene rings is 1. The summed E-state index contributed by atoms with van der Waals surface area (Å²) < 4.78 is 1.87. The average molecular weight is 375 g/mol. The second-order valence-corrected chi connectivity index (χ2v) is 8.01. The fraction of sp³-hybridized carbons (Fsp3) is 0.474. The predicted octanol–water partition coefficient (Wildman–Crippen LogP) is 3.64. The molecule has 0 bridgehead atoms. The van der Waals surface area contributed by atoms with Gasteiger partial charge in [0.2, 0.25) is 0 Å². The molecular weight excluding hydrogens is 348 g/mol. The highest BCUT2D eigenvalue weighted by Gasteiger charge is 2.18. The summed E-state index contributed by atoms with van der Waals surface area (Å²) in [6, 6.07) is 5.68. The van der Waals surface area contributed by atoms with E-state index in [0.717, 1.165) is 30.7 Å². The van der Waals surface area contributed by atoms with Crippen LogP contribution in [0, 0.1) is 12.8 Å². The summed E-state index contributed by atoms with van der Waals surface area (Å²) in [4.78, 5) is 16.7. The van der Waals surface area contributed by atoms with Gasteiger partial charge in [0.25, 0.3) is 0 Å². The van der Waals surface area contributed by atoms with Gasteiger partial charge in [0, 0.05) is 28.9 Å². The number of rotatable bonds is 7. The van der Waals surface area contributed by atoms with E-state index < -0.39 is 0 Å². The van der Waals surface area contributed by atoms with Gasteiger partial charge >= 0.3 is 6.03 Å². The number of aromatic nitrogens is 2. The van der Waals surface area contributed by atoms with Crippen LogP contribution in [-0.2, 0) is 13.1 Å². The molecule has 140 valence electrons. The van der Waals surface area contributed by atoms with E-state index in [0.29, 0.717) is 24.8 Å². The maximum Gasteiger partial charge on any atom is 0.323 e. The van der Waals surface area contributed by atoms with Gasteiger partial charge in [0.05, 0.1) is 19.3 Å². The Balaban J connectivity index is 1.63. The van der Waals surface area contributed by atoms with Crippen molar-refractivity contribution in [1.29, 1.82) is 0 Å². The fourth-order valence-electron chi connectivity index (χ4n) is 3.17. The van der Waals surface area contributed by atoms with Crippen molar-refractivity contribution in [1.82, 2.24) is 14.7 Å².